The summed E-state index contributed by atoms with van der Waals surface area (Å²) in [6.07, 6.45) is 5.27. The molecule has 2 fully saturated rings. The molecule has 2 rings (SSSR count). The smallest absolute Gasteiger partial charge is 0.126 e. The van der Waals surface area contributed by atoms with Crippen LogP contribution >= 0.6 is 0 Å². The fourth-order valence-electron chi connectivity index (χ4n) is 3.55. The van der Waals surface area contributed by atoms with Crippen LogP contribution in [0.5, 0.6) is 0 Å². The maximum atomic E-state index is 14.9. The Hall–Kier alpha value is -0.150. The van der Waals surface area contributed by atoms with Crippen molar-refractivity contribution in [3.63, 3.8) is 0 Å². The highest BCUT2D eigenvalue weighted by atomic mass is 19.1. The van der Waals surface area contributed by atoms with E-state index in [4.69, 9.17) is 0 Å². The summed E-state index contributed by atoms with van der Waals surface area (Å²) in [7, 11) is 0. The first-order valence-electron chi connectivity index (χ1n) is 8.18. The van der Waals surface area contributed by atoms with Gasteiger partial charge in [-0.3, -0.25) is 0 Å². The molecule has 0 aromatic carbocycles. The van der Waals surface area contributed by atoms with E-state index in [-0.39, 0.29) is 0 Å². The molecular weight excluding hydrogens is 239 g/mol. The van der Waals surface area contributed by atoms with E-state index in [1.54, 1.807) is 0 Å². The van der Waals surface area contributed by atoms with Gasteiger partial charge in [-0.2, -0.15) is 0 Å². The number of piperidine rings is 2. The van der Waals surface area contributed by atoms with Gasteiger partial charge in [-0.1, -0.05) is 13.3 Å². The van der Waals surface area contributed by atoms with Crippen molar-refractivity contribution in [2.75, 3.05) is 32.7 Å². The Morgan fingerprint density at radius 2 is 1.68 bits per heavy atom. The fraction of sp³-hybridized carbons (Fsp3) is 1.00. The van der Waals surface area contributed by atoms with E-state index < -0.39 is 5.67 Å². The average Bonchev–Trinajstić information content (AvgIpc) is 2.40. The summed E-state index contributed by atoms with van der Waals surface area (Å²) in [5, 5.41) is 0. The van der Waals surface area contributed by atoms with Gasteiger partial charge in [0.2, 0.25) is 0 Å². The predicted molar refractivity (Wildman–Crippen MR) is 79.2 cm³/mol. The quantitative estimate of drug-likeness (QED) is 0.773. The van der Waals surface area contributed by atoms with E-state index in [1.165, 1.54) is 19.3 Å². The molecule has 2 heterocycles. The van der Waals surface area contributed by atoms with Crippen molar-refractivity contribution in [1.29, 1.82) is 0 Å². The lowest BCUT2D eigenvalue weighted by Crippen LogP contribution is -2.51. The van der Waals surface area contributed by atoms with Gasteiger partial charge < -0.3 is 9.80 Å². The minimum Gasteiger partial charge on any atom is -0.301 e. The molecule has 3 heteroatoms. The number of halogens is 1. The van der Waals surface area contributed by atoms with Crippen molar-refractivity contribution in [3.05, 3.63) is 0 Å². The number of likely N-dealkylation sites (tertiary alicyclic amines) is 2. The van der Waals surface area contributed by atoms with E-state index in [0.29, 0.717) is 12.6 Å². The van der Waals surface area contributed by atoms with Crippen LogP contribution in [0, 0.1) is 5.92 Å². The maximum absolute atomic E-state index is 14.9. The van der Waals surface area contributed by atoms with Gasteiger partial charge >= 0.3 is 0 Å². The topological polar surface area (TPSA) is 6.48 Å². The van der Waals surface area contributed by atoms with Crippen molar-refractivity contribution in [1.82, 2.24) is 9.80 Å². The summed E-state index contributed by atoms with van der Waals surface area (Å²) in [6.45, 7) is 11.4. The van der Waals surface area contributed by atoms with Crippen LogP contribution in [-0.2, 0) is 0 Å². The number of alkyl halides is 1. The van der Waals surface area contributed by atoms with Gasteiger partial charge in [0.15, 0.2) is 0 Å². The van der Waals surface area contributed by atoms with Gasteiger partial charge in [0.25, 0.3) is 0 Å². The first kappa shape index (κ1) is 15.2. The standard InChI is InChI=1S/C16H31FN2/c1-4-15-5-9-18(10-6-15)13-16(17)7-11-19(12-8-16)14(2)3/h14-15H,4-13H2,1-3H3. The molecule has 2 aliphatic heterocycles. The molecule has 0 bridgehead atoms. The Balaban J connectivity index is 1.77. The zero-order chi connectivity index (χ0) is 13.9. The van der Waals surface area contributed by atoms with Crippen molar-refractivity contribution in [3.8, 4) is 0 Å². The molecule has 0 aromatic rings. The molecular formula is C16H31FN2. The van der Waals surface area contributed by atoms with Crippen molar-refractivity contribution in [2.24, 2.45) is 5.92 Å². The van der Waals surface area contributed by atoms with Crippen LogP contribution in [0.4, 0.5) is 4.39 Å². The van der Waals surface area contributed by atoms with Crippen LogP contribution < -0.4 is 0 Å². The van der Waals surface area contributed by atoms with E-state index in [2.05, 4.69) is 30.6 Å². The summed E-state index contributed by atoms with van der Waals surface area (Å²) >= 11 is 0. The van der Waals surface area contributed by atoms with Crippen LogP contribution in [0.3, 0.4) is 0 Å². The van der Waals surface area contributed by atoms with Crippen LogP contribution in [-0.4, -0.2) is 54.2 Å². The second-order valence-electron chi connectivity index (χ2n) is 6.91. The van der Waals surface area contributed by atoms with Crippen LogP contribution in [0.25, 0.3) is 0 Å². The van der Waals surface area contributed by atoms with Gasteiger partial charge in [0.1, 0.15) is 5.67 Å². The molecule has 2 aliphatic rings. The number of hydrogen-bond acceptors (Lipinski definition) is 2. The molecule has 0 atom stereocenters. The first-order chi connectivity index (χ1) is 9.02. The Kier molecular flexibility index (Phi) is 5.24. The number of rotatable bonds is 4. The van der Waals surface area contributed by atoms with Crippen molar-refractivity contribution < 1.29 is 4.39 Å². The average molecular weight is 270 g/mol. The summed E-state index contributed by atoms with van der Waals surface area (Å²) in [6, 6.07) is 0.560. The second-order valence-corrected chi connectivity index (χ2v) is 6.91. The highest BCUT2D eigenvalue weighted by molar-refractivity contribution is 4.90. The molecule has 0 unspecified atom stereocenters. The largest absolute Gasteiger partial charge is 0.301 e. The van der Waals surface area contributed by atoms with Gasteiger partial charge in [0, 0.05) is 25.7 Å². The Labute approximate surface area is 118 Å². The minimum absolute atomic E-state index is 0.560. The normalized spacial score (nSPS) is 27.0. The Morgan fingerprint density at radius 3 is 2.16 bits per heavy atom. The Morgan fingerprint density at radius 1 is 1.11 bits per heavy atom. The monoisotopic (exact) mass is 270 g/mol. The predicted octanol–water partition coefficient (Wildman–Crippen LogP) is 3.32. The molecule has 2 nitrogen and oxygen atoms in total. The third-order valence-electron chi connectivity index (χ3n) is 5.22. The molecule has 0 aliphatic carbocycles. The lowest BCUT2D eigenvalue weighted by Gasteiger charge is -2.42. The third kappa shape index (κ3) is 4.16. The fourth-order valence-corrected chi connectivity index (χ4v) is 3.55. The van der Waals surface area contributed by atoms with Gasteiger partial charge in [-0.15, -0.1) is 0 Å². The van der Waals surface area contributed by atoms with E-state index in [1.807, 2.05) is 0 Å². The molecule has 0 amide bonds. The molecule has 2 saturated heterocycles. The van der Waals surface area contributed by atoms with Gasteiger partial charge in [-0.25, -0.2) is 4.39 Å². The lowest BCUT2D eigenvalue weighted by molar-refractivity contribution is 0.00725. The zero-order valence-electron chi connectivity index (χ0n) is 13.0. The van der Waals surface area contributed by atoms with Gasteiger partial charge in [0.05, 0.1) is 0 Å². The Bertz CT molecular complexity index is 264. The van der Waals surface area contributed by atoms with E-state index >= 15 is 0 Å². The lowest BCUT2D eigenvalue weighted by atomic mass is 9.89. The van der Waals surface area contributed by atoms with Gasteiger partial charge in [-0.05, 0) is 58.5 Å². The van der Waals surface area contributed by atoms with E-state index in [0.717, 1.165) is 44.9 Å². The molecule has 0 saturated carbocycles. The van der Waals surface area contributed by atoms with Crippen LogP contribution in [0.15, 0.2) is 0 Å². The highest BCUT2D eigenvalue weighted by Gasteiger charge is 2.37. The van der Waals surface area contributed by atoms with Crippen LogP contribution in [0.2, 0.25) is 0 Å². The molecule has 0 N–H and O–H groups in total. The third-order valence-corrected chi connectivity index (χ3v) is 5.22. The molecule has 0 radical (unpaired) electrons. The summed E-state index contributed by atoms with van der Waals surface area (Å²) in [5.41, 5.74) is -0.926. The summed E-state index contributed by atoms with van der Waals surface area (Å²) < 4.78 is 14.9. The SMILES string of the molecule is CCC1CCN(CC2(F)CCN(C(C)C)CC2)CC1. The molecule has 19 heavy (non-hydrogen) atoms. The van der Waals surface area contributed by atoms with Crippen LogP contribution in [0.1, 0.15) is 52.9 Å². The van der Waals surface area contributed by atoms with E-state index in [9.17, 15) is 4.39 Å². The second kappa shape index (κ2) is 6.53. The minimum atomic E-state index is -0.926. The number of nitrogens with zero attached hydrogens (tertiary/aromatic N) is 2. The maximum Gasteiger partial charge on any atom is 0.126 e. The number of hydrogen-bond donors (Lipinski definition) is 0. The molecule has 0 spiro atoms. The molecule has 0 aromatic heterocycles. The first-order valence-corrected chi connectivity index (χ1v) is 8.18. The molecule has 112 valence electrons. The summed E-state index contributed by atoms with van der Waals surface area (Å²) in [5.74, 6) is 0.884. The zero-order valence-corrected chi connectivity index (χ0v) is 13.0. The van der Waals surface area contributed by atoms with Crippen molar-refractivity contribution in [2.45, 2.75) is 64.6 Å². The van der Waals surface area contributed by atoms with Crippen molar-refractivity contribution >= 4 is 0 Å². The highest BCUT2D eigenvalue weighted by Crippen LogP contribution is 2.30. The summed E-state index contributed by atoms with van der Waals surface area (Å²) in [4.78, 5) is 4.78.